The summed E-state index contributed by atoms with van der Waals surface area (Å²) in [6, 6.07) is 0. The van der Waals surface area contributed by atoms with Gasteiger partial charge in [0.25, 0.3) is 0 Å². The first kappa shape index (κ1) is 72.4. The first-order chi connectivity index (χ1) is 37.0. The number of hydrogen-bond donors (Lipinski definition) is 0. The van der Waals surface area contributed by atoms with Gasteiger partial charge in [0.2, 0.25) is 0 Å². The van der Waals surface area contributed by atoms with Crippen molar-refractivity contribution in [1.82, 2.24) is 0 Å². The largest absolute Gasteiger partial charge is 0.462 e. The van der Waals surface area contributed by atoms with Crippen LogP contribution in [0.3, 0.4) is 0 Å². The van der Waals surface area contributed by atoms with Crippen molar-refractivity contribution in [3.8, 4) is 0 Å². The van der Waals surface area contributed by atoms with E-state index in [0.29, 0.717) is 19.3 Å². The molecule has 0 aromatic rings. The van der Waals surface area contributed by atoms with Crippen LogP contribution in [0.2, 0.25) is 0 Å². The number of rotatable bonds is 61. The molecule has 0 aromatic carbocycles. The van der Waals surface area contributed by atoms with Crippen LogP contribution >= 0.6 is 0 Å². The van der Waals surface area contributed by atoms with E-state index in [1.54, 1.807) is 0 Å². The highest BCUT2D eigenvalue weighted by molar-refractivity contribution is 5.71. The molecule has 6 heteroatoms. The Balaban J connectivity index is 3.95. The minimum absolute atomic E-state index is 0.0808. The van der Waals surface area contributed by atoms with Gasteiger partial charge < -0.3 is 14.2 Å². The van der Waals surface area contributed by atoms with Gasteiger partial charge in [-0.05, 0) is 77.0 Å². The molecule has 0 N–H and O–H groups in total. The summed E-state index contributed by atoms with van der Waals surface area (Å²) in [6.07, 6.45) is 80.4. The quantitative estimate of drug-likeness (QED) is 0.0261. The molecule has 0 bridgehead atoms. The number of allylic oxidation sites excluding steroid dienone is 8. The minimum atomic E-state index is -0.784. The molecule has 0 aliphatic heterocycles. The first-order valence-corrected chi connectivity index (χ1v) is 33.1. The maximum absolute atomic E-state index is 12.8. The SMILES string of the molecule is CC/C=C\C/C=C\C/C=C\CCCCCC(=O)OC(COC(=O)CCCCCCCCCCC)COC(=O)CCCCCCCCCCCCCCCCCCCCCCCCC/C=C\CCCCCCCCCC. The molecule has 0 aliphatic carbocycles. The average Bonchev–Trinajstić information content (AvgIpc) is 3.41. The van der Waals surface area contributed by atoms with Crippen LogP contribution in [-0.2, 0) is 28.6 Å². The van der Waals surface area contributed by atoms with Crippen LogP contribution in [0.25, 0.3) is 0 Å². The van der Waals surface area contributed by atoms with E-state index in [1.165, 1.54) is 231 Å². The van der Waals surface area contributed by atoms with Crippen LogP contribution in [0.4, 0.5) is 0 Å². The standard InChI is InChI=1S/C69H126O6/c1-4-7-10-13-16-19-21-23-24-25-26-27-28-29-30-31-32-33-34-35-36-37-38-39-40-41-42-43-44-46-47-50-53-56-59-62-68(71)74-65-66(64-73-67(70)61-58-55-52-49-18-15-12-9-6-3)75-69(72)63-60-57-54-51-48-45-22-20-17-14-11-8-5-2/h8,11,17,20,25-26,45,48,66H,4-7,9-10,12-16,18-19,21-24,27-44,46-47,49-65H2,1-3H3/b11-8-,20-17-,26-25-,48-45-. The molecule has 1 unspecified atom stereocenters. The molecule has 1 atom stereocenters. The van der Waals surface area contributed by atoms with Crippen LogP contribution in [0.5, 0.6) is 0 Å². The Morgan fingerprint density at radius 3 is 0.840 bits per heavy atom. The number of hydrogen-bond acceptors (Lipinski definition) is 6. The van der Waals surface area contributed by atoms with Crippen molar-refractivity contribution in [2.24, 2.45) is 0 Å². The van der Waals surface area contributed by atoms with Crippen molar-refractivity contribution in [1.29, 1.82) is 0 Å². The number of ether oxygens (including phenoxy) is 3. The van der Waals surface area contributed by atoms with Gasteiger partial charge in [0, 0.05) is 19.3 Å². The summed E-state index contributed by atoms with van der Waals surface area (Å²) in [6.45, 7) is 6.52. The Morgan fingerprint density at radius 2 is 0.520 bits per heavy atom. The van der Waals surface area contributed by atoms with E-state index in [0.717, 1.165) is 83.5 Å². The van der Waals surface area contributed by atoms with Gasteiger partial charge in [-0.1, -0.05) is 307 Å². The van der Waals surface area contributed by atoms with E-state index in [1.807, 2.05) is 0 Å². The number of unbranched alkanes of at least 4 members (excludes halogenated alkanes) is 42. The zero-order chi connectivity index (χ0) is 54.3. The zero-order valence-corrected chi connectivity index (χ0v) is 50.3. The molecule has 0 saturated carbocycles. The number of esters is 3. The van der Waals surface area contributed by atoms with E-state index in [4.69, 9.17) is 14.2 Å². The molecule has 0 heterocycles. The maximum Gasteiger partial charge on any atom is 0.306 e. The fourth-order valence-electron chi connectivity index (χ4n) is 9.87. The summed E-state index contributed by atoms with van der Waals surface area (Å²) in [7, 11) is 0. The Kier molecular flexibility index (Phi) is 61.7. The molecule has 6 nitrogen and oxygen atoms in total. The van der Waals surface area contributed by atoms with E-state index in [9.17, 15) is 14.4 Å². The lowest BCUT2D eigenvalue weighted by molar-refractivity contribution is -0.167. The third-order valence-electron chi connectivity index (χ3n) is 14.8. The van der Waals surface area contributed by atoms with Gasteiger partial charge in [0.1, 0.15) is 13.2 Å². The van der Waals surface area contributed by atoms with Crippen LogP contribution in [-0.4, -0.2) is 37.2 Å². The highest BCUT2D eigenvalue weighted by Crippen LogP contribution is 2.18. The average molecular weight is 1050 g/mol. The van der Waals surface area contributed by atoms with Gasteiger partial charge >= 0.3 is 17.9 Å². The molecule has 0 rings (SSSR count). The molecule has 0 saturated heterocycles. The Bertz CT molecular complexity index is 1300. The molecule has 0 fully saturated rings. The molecule has 0 amide bonds. The Morgan fingerprint density at radius 1 is 0.280 bits per heavy atom. The van der Waals surface area contributed by atoms with E-state index >= 15 is 0 Å². The van der Waals surface area contributed by atoms with E-state index in [2.05, 4.69) is 69.4 Å². The van der Waals surface area contributed by atoms with Crippen molar-refractivity contribution in [3.63, 3.8) is 0 Å². The van der Waals surface area contributed by atoms with Crippen molar-refractivity contribution in [2.45, 2.75) is 361 Å². The third-order valence-corrected chi connectivity index (χ3v) is 14.8. The predicted octanol–water partition coefficient (Wildman–Crippen LogP) is 22.6. The lowest BCUT2D eigenvalue weighted by atomic mass is 10.0. The van der Waals surface area contributed by atoms with E-state index in [-0.39, 0.29) is 31.1 Å². The van der Waals surface area contributed by atoms with E-state index < -0.39 is 6.10 Å². The van der Waals surface area contributed by atoms with Gasteiger partial charge in [-0.25, -0.2) is 0 Å². The molecular weight excluding hydrogens is 925 g/mol. The second kappa shape index (κ2) is 63.9. The normalized spacial score (nSPS) is 12.3. The van der Waals surface area contributed by atoms with Gasteiger partial charge in [-0.2, -0.15) is 0 Å². The number of carbonyl (C=O) groups is 3. The Labute approximate surface area is 467 Å². The second-order valence-corrected chi connectivity index (χ2v) is 22.4. The monoisotopic (exact) mass is 1050 g/mol. The lowest BCUT2D eigenvalue weighted by Crippen LogP contribution is -2.30. The van der Waals surface area contributed by atoms with Gasteiger partial charge in [-0.3, -0.25) is 14.4 Å². The topological polar surface area (TPSA) is 78.9 Å². The van der Waals surface area contributed by atoms with Gasteiger partial charge in [0.05, 0.1) is 0 Å². The van der Waals surface area contributed by atoms with Crippen LogP contribution in [0.15, 0.2) is 48.6 Å². The Hall–Kier alpha value is -2.63. The number of carbonyl (C=O) groups excluding carboxylic acids is 3. The highest BCUT2D eigenvalue weighted by Gasteiger charge is 2.19. The summed E-state index contributed by atoms with van der Waals surface area (Å²) in [5.41, 5.74) is 0. The first-order valence-electron chi connectivity index (χ1n) is 33.1. The molecule has 438 valence electrons. The van der Waals surface area contributed by atoms with Gasteiger partial charge in [-0.15, -0.1) is 0 Å². The van der Waals surface area contributed by atoms with Gasteiger partial charge in [0.15, 0.2) is 6.10 Å². The van der Waals surface area contributed by atoms with Crippen LogP contribution in [0, 0.1) is 0 Å². The summed E-state index contributed by atoms with van der Waals surface area (Å²) in [5.74, 6) is -0.897. The molecule has 0 spiro atoms. The van der Waals surface area contributed by atoms with Crippen LogP contribution < -0.4 is 0 Å². The smallest absolute Gasteiger partial charge is 0.306 e. The second-order valence-electron chi connectivity index (χ2n) is 22.4. The molecule has 0 radical (unpaired) electrons. The van der Waals surface area contributed by atoms with Crippen LogP contribution in [0.1, 0.15) is 355 Å². The fraction of sp³-hybridized carbons (Fsp3) is 0.841. The molecule has 75 heavy (non-hydrogen) atoms. The van der Waals surface area contributed by atoms with Crippen molar-refractivity contribution in [2.75, 3.05) is 13.2 Å². The fourth-order valence-corrected chi connectivity index (χ4v) is 9.87. The highest BCUT2D eigenvalue weighted by atomic mass is 16.6. The van der Waals surface area contributed by atoms with Crippen molar-refractivity contribution >= 4 is 17.9 Å². The molecular formula is C69H126O6. The predicted molar refractivity (Wildman–Crippen MR) is 325 cm³/mol. The maximum atomic E-state index is 12.8. The zero-order valence-electron chi connectivity index (χ0n) is 50.3. The minimum Gasteiger partial charge on any atom is -0.462 e. The summed E-state index contributed by atoms with van der Waals surface area (Å²) < 4.78 is 16.8. The van der Waals surface area contributed by atoms with Crippen molar-refractivity contribution in [3.05, 3.63) is 48.6 Å². The summed E-state index contributed by atoms with van der Waals surface area (Å²) in [5, 5.41) is 0. The molecule has 0 aromatic heterocycles. The third kappa shape index (κ3) is 62.1. The summed E-state index contributed by atoms with van der Waals surface area (Å²) >= 11 is 0. The lowest BCUT2D eigenvalue weighted by Gasteiger charge is -2.18. The molecule has 0 aliphatic rings. The summed E-state index contributed by atoms with van der Waals surface area (Å²) in [4.78, 5) is 38.0. The van der Waals surface area contributed by atoms with Crippen molar-refractivity contribution < 1.29 is 28.6 Å².